The predicted octanol–water partition coefficient (Wildman–Crippen LogP) is 2.35. The first-order chi connectivity index (χ1) is 12.6. The third kappa shape index (κ3) is 3.76. The number of anilines is 1. The average molecular weight is 391 g/mol. The number of carboxylic acids is 1. The summed E-state index contributed by atoms with van der Waals surface area (Å²) in [6, 6.07) is 2.16. The van der Waals surface area contributed by atoms with Crippen molar-refractivity contribution >= 4 is 34.3 Å². The second-order valence-corrected chi connectivity index (χ2v) is 8.77. The van der Waals surface area contributed by atoms with E-state index < -0.39 is 23.6 Å². The van der Waals surface area contributed by atoms with Gasteiger partial charge in [0.1, 0.15) is 16.7 Å². The minimum Gasteiger partial charge on any atom is -0.481 e. The van der Waals surface area contributed by atoms with Gasteiger partial charge >= 0.3 is 12.1 Å². The molecule has 1 N–H and O–H groups in total. The molecule has 1 aromatic heterocycles. The molecular formula is C18H21N3O5S. The van der Waals surface area contributed by atoms with Crippen LogP contribution in [0.15, 0.2) is 0 Å². The van der Waals surface area contributed by atoms with Crippen LogP contribution in [0.25, 0.3) is 0 Å². The third-order valence-corrected chi connectivity index (χ3v) is 5.76. The zero-order valence-electron chi connectivity index (χ0n) is 15.4. The predicted molar refractivity (Wildman–Crippen MR) is 97.5 cm³/mol. The van der Waals surface area contributed by atoms with Gasteiger partial charge in [-0.2, -0.15) is 5.26 Å². The molecule has 0 bridgehead atoms. The van der Waals surface area contributed by atoms with Gasteiger partial charge in [-0.05, 0) is 32.8 Å². The Balaban J connectivity index is 1.85. The van der Waals surface area contributed by atoms with Crippen LogP contribution in [0.5, 0.6) is 0 Å². The first-order valence-electron chi connectivity index (χ1n) is 8.66. The van der Waals surface area contributed by atoms with E-state index in [1.807, 2.05) is 0 Å². The van der Waals surface area contributed by atoms with E-state index in [4.69, 9.17) is 4.74 Å². The van der Waals surface area contributed by atoms with Crippen LogP contribution in [-0.2, 0) is 27.3 Å². The van der Waals surface area contributed by atoms with Crippen molar-refractivity contribution in [3.05, 3.63) is 16.0 Å². The van der Waals surface area contributed by atoms with Crippen molar-refractivity contribution in [2.75, 3.05) is 18.0 Å². The molecule has 1 unspecified atom stereocenters. The number of carbonyl (C=O) groups excluding carboxylic acids is 2. The van der Waals surface area contributed by atoms with Gasteiger partial charge in [0.2, 0.25) is 5.91 Å². The molecular weight excluding hydrogens is 370 g/mol. The average Bonchev–Trinajstić information content (AvgIpc) is 3.12. The molecule has 0 aromatic carbocycles. The maximum absolute atomic E-state index is 12.3. The smallest absolute Gasteiger partial charge is 0.410 e. The van der Waals surface area contributed by atoms with E-state index >= 15 is 0 Å². The molecule has 0 aliphatic carbocycles. The highest BCUT2D eigenvalue weighted by Crippen LogP contribution is 2.41. The molecule has 9 heteroatoms. The summed E-state index contributed by atoms with van der Waals surface area (Å²) in [5.41, 5.74) is 0.658. The molecule has 1 fully saturated rings. The number of nitrogens with zero attached hydrogens (tertiary/aromatic N) is 3. The van der Waals surface area contributed by atoms with E-state index in [1.165, 1.54) is 16.2 Å². The molecule has 0 saturated carbocycles. The molecule has 144 valence electrons. The summed E-state index contributed by atoms with van der Waals surface area (Å²) in [7, 11) is 0. The monoisotopic (exact) mass is 391 g/mol. The number of nitriles is 1. The van der Waals surface area contributed by atoms with Gasteiger partial charge in [0.05, 0.1) is 18.0 Å². The molecule has 0 spiro atoms. The number of carboxylic acid groups (broad SMARTS) is 1. The molecule has 2 aliphatic heterocycles. The van der Waals surface area contributed by atoms with Gasteiger partial charge < -0.3 is 19.6 Å². The summed E-state index contributed by atoms with van der Waals surface area (Å²) in [5.74, 6) is -2.07. The van der Waals surface area contributed by atoms with Crippen molar-refractivity contribution in [2.45, 2.75) is 45.8 Å². The molecule has 0 radical (unpaired) electrons. The summed E-state index contributed by atoms with van der Waals surface area (Å²) in [5, 5.41) is 19.3. The van der Waals surface area contributed by atoms with Crippen LogP contribution in [-0.4, -0.2) is 46.7 Å². The normalized spacial score (nSPS) is 19.6. The Hall–Kier alpha value is -2.60. The summed E-state index contributed by atoms with van der Waals surface area (Å²) in [6.07, 6.45) is 0.0235. The molecule has 8 nitrogen and oxygen atoms in total. The fraction of sp³-hybridized carbons (Fsp3) is 0.556. The SMILES string of the molecule is CC(C)(C)OC(=O)N1CCc2c(sc(N3CC(C(=O)O)CC3=O)c2C#N)C1. The number of fused-ring (bicyclic) bond motifs is 1. The van der Waals surface area contributed by atoms with Crippen molar-refractivity contribution in [3.8, 4) is 6.07 Å². The van der Waals surface area contributed by atoms with Crippen LogP contribution in [0.1, 0.15) is 43.2 Å². The minimum atomic E-state index is -1.01. The van der Waals surface area contributed by atoms with Crippen molar-refractivity contribution in [3.63, 3.8) is 0 Å². The summed E-state index contributed by atoms with van der Waals surface area (Å²) < 4.78 is 5.41. The van der Waals surface area contributed by atoms with Gasteiger partial charge in [-0.15, -0.1) is 11.3 Å². The lowest BCUT2D eigenvalue weighted by atomic mass is 10.0. The number of aliphatic carboxylic acids is 1. The van der Waals surface area contributed by atoms with Crippen LogP contribution in [0, 0.1) is 17.2 Å². The highest BCUT2D eigenvalue weighted by Gasteiger charge is 2.39. The van der Waals surface area contributed by atoms with E-state index in [0.717, 1.165) is 10.4 Å². The molecule has 2 aliphatic rings. The van der Waals surface area contributed by atoms with Gasteiger partial charge in [-0.1, -0.05) is 0 Å². The molecule has 1 aromatic rings. The fourth-order valence-corrected chi connectivity index (χ4v) is 4.58. The maximum atomic E-state index is 12.3. The molecule has 3 rings (SSSR count). The van der Waals surface area contributed by atoms with Crippen LogP contribution >= 0.6 is 11.3 Å². The van der Waals surface area contributed by atoms with Gasteiger partial charge in [0.15, 0.2) is 0 Å². The Morgan fingerprint density at radius 1 is 1.37 bits per heavy atom. The Bertz CT molecular complexity index is 848. The molecule has 1 atom stereocenters. The number of thiophene rings is 1. The van der Waals surface area contributed by atoms with Crippen molar-refractivity contribution < 1.29 is 24.2 Å². The second-order valence-electron chi connectivity index (χ2n) is 7.69. The lowest BCUT2D eigenvalue weighted by Gasteiger charge is -2.29. The largest absolute Gasteiger partial charge is 0.481 e. The van der Waals surface area contributed by atoms with E-state index in [-0.39, 0.29) is 18.9 Å². The topological polar surface area (TPSA) is 111 Å². The second kappa shape index (κ2) is 6.85. The zero-order valence-corrected chi connectivity index (χ0v) is 16.3. The minimum absolute atomic E-state index is 0.0627. The highest BCUT2D eigenvalue weighted by atomic mass is 32.1. The van der Waals surface area contributed by atoms with Gasteiger partial charge in [0.25, 0.3) is 0 Å². The van der Waals surface area contributed by atoms with Crippen LogP contribution < -0.4 is 4.90 Å². The summed E-state index contributed by atoms with van der Waals surface area (Å²) >= 11 is 1.28. The van der Waals surface area contributed by atoms with Gasteiger partial charge in [0, 0.05) is 24.4 Å². The highest BCUT2D eigenvalue weighted by molar-refractivity contribution is 7.16. The number of carbonyl (C=O) groups is 3. The number of hydrogen-bond donors (Lipinski definition) is 1. The van der Waals surface area contributed by atoms with Gasteiger partial charge in [-0.3, -0.25) is 9.59 Å². The molecule has 27 heavy (non-hydrogen) atoms. The Morgan fingerprint density at radius 3 is 2.63 bits per heavy atom. The zero-order chi connectivity index (χ0) is 19.9. The van der Waals surface area contributed by atoms with E-state index in [0.29, 0.717) is 30.1 Å². The maximum Gasteiger partial charge on any atom is 0.410 e. The molecule has 3 heterocycles. The van der Waals surface area contributed by atoms with Gasteiger partial charge in [-0.25, -0.2) is 4.79 Å². The standard InChI is InChI=1S/C18H21N3O5S/c1-18(2,3)26-17(25)20-5-4-11-12(7-19)15(27-13(11)9-20)21-8-10(16(23)24)6-14(21)22/h10H,4-6,8-9H2,1-3H3,(H,23,24). The van der Waals surface area contributed by atoms with Crippen LogP contribution in [0.4, 0.5) is 9.80 Å². The quantitative estimate of drug-likeness (QED) is 0.828. The summed E-state index contributed by atoms with van der Waals surface area (Å²) in [4.78, 5) is 39.6. The number of ether oxygens (including phenoxy) is 1. The first-order valence-corrected chi connectivity index (χ1v) is 9.48. The first kappa shape index (κ1) is 19.2. The van der Waals surface area contributed by atoms with E-state index in [1.54, 1.807) is 25.7 Å². The molecule has 1 saturated heterocycles. The summed E-state index contributed by atoms with van der Waals surface area (Å²) in [6.45, 7) is 6.21. The number of rotatable bonds is 2. The lowest BCUT2D eigenvalue weighted by molar-refractivity contribution is -0.141. The fourth-order valence-electron chi connectivity index (χ4n) is 3.25. The van der Waals surface area contributed by atoms with Crippen molar-refractivity contribution in [2.24, 2.45) is 5.92 Å². The third-order valence-electron chi connectivity index (χ3n) is 4.52. The lowest BCUT2D eigenvalue weighted by Crippen LogP contribution is -2.39. The van der Waals surface area contributed by atoms with Crippen LogP contribution in [0.2, 0.25) is 0 Å². The van der Waals surface area contributed by atoms with Crippen molar-refractivity contribution in [1.29, 1.82) is 5.26 Å². The van der Waals surface area contributed by atoms with Crippen LogP contribution in [0.3, 0.4) is 0 Å². The molecule has 2 amide bonds. The number of amides is 2. The number of hydrogen-bond acceptors (Lipinski definition) is 6. The van der Waals surface area contributed by atoms with E-state index in [9.17, 15) is 24.8 Å². The Morgan fingerprint density at radius 2 is 2.07 bits per heavy atom. The van der Waals surface area contributed by atoms with Crippen molar-refractivity contribution in [1.82, 2.24) is 4.90 Å². The Kier molecular flexibility index (Phi) is 4.86. The van der Waals surface area contributed by atoms with E-state index in [2.05, 4.69) is 6.07 Å². The Labute approximate surface area is 160 Å².